The molecular formula is C21H22FN3OS. The summed E-state index contributed by atoms with van der Waals surface area (Å²) < 4.78 is 15.2. The Balaban J connectivity index is 1.59. The molecule has 0 aliphatic heterocycles. The first kappa shape index (κ1) is 19.2. The maximum absolute atomic E-state index is 13.5. The van der Waals surface area contributed by atoms with Crippen LogP contribution >= 0.6 is 11.8 Å². The van der Waals surface area contributed by atoms with Gasteiger partial charge in [-0.1, -0.05) is 49.0 Å². The Morgan fingerprint density at radius 3 is 2.74 bits per heavy atom. The first-order valence-corrected chi connectivity index (χ1v) is 9.85. The quantitative estimate of drug-likeness (QED) is 0.609. The van der Waals surface area contributed by atoms with E-state index < -0.39 is 0 Å². The van der Waals surface area contributed by atoms with Crippen LogP contribution in [0.15, 0.2) is 66.1 Å². The van der Waals surface area contributed by atoms with Crippen LogP contribution in [-0.2, 0) is 11.2 Å². The molecule has 140 valence electrons. The van der Waals surface area contributed by atoms with Crippen molar-refractivity contribution >= 4 is 17.7 Å². The van der Waals surface area contributed by atoms with E-state index in [9.17, 15) is 9.18 Å². The Morgan fingerprint density at radius 1 is 1.26 bits per heavy atom. The Morgan fingerprint density at radius 2 is 2.04 bits per heavy atom. The van der Waals surface area contributed by atoms with Gasteiger partial charge in [-0.05, 0) is 42.7 Å². The Labute approximate surface area is 162 Å². The predicted molar refractivity (Wildman–Crippen MR) is 107 cm³/mol. The van der Waals surface area contributed by atoms with Gasteiger partial charge in [-0.25, -0.2) is 9.37 Å². The molecule has 1 heterocycles. The van der Waals surface area contributed by atoms with E-state index in [2.05, 4.69) is 29.4 Å². The lowest BCUT2D eigenvalue weighted by atomic mass is 10.1. The molecule has 1 N–H and O–H groups in total. The highest BCUT2D eigenvalue weighted by molar-refractivity contribution is 7.99. The van der Waals surface area contributed by atoms with Crippen LogP contribution in [-0.4, -0.2) is 21.2 Å². The molecule has 0 saturated heterocycles. The lowest BCUT2D eigenvalue weighted by molar-refractivity contribution is -0.119. The van der Waals surface area contributed by atoms with Gasteiger partial charge in [-0.15, -0.1) is 0 Å². The van der Waals surface area contributed by atoms with Crippen molar-refractivity contribution in [3.05, 3.63) is 77.9 Å². The topological polar surface area (TPSA) is 46.9 Å². The van der Waals surface area contributed by atoms with Gasteiger partial charge in [0.05, 0.1) is 17.5 Å². The van der Waals surface area contributed by atoms with Gasteiger partial charge >= 0.3 is 0 Å². The smallest absolute Gasteiger partial charge is 0.230 e. The number of aryl methyl sites for hydroxylation is 1. The molecule has 3 rings (SSSR count). The van der Waals surface area contributed by atoms with E-state index in [1.165, 1.54) is 29.5 Å². The summed E-state index contributed by atoms with van der Waals surface area (Å²) in [6.45, 7) is 4.09. The van der Waals surface area contributed by atoms with Crippen molar-refractivity contribution in [2.75, 3.05) is 5.75 Å². The van der Waals surface area contributed by atoms with Crippen LogP contribution in [0.4, 0.5) is 4.39 Å². The second-order valence-corrected chi connectivity index (χ2v) is 7.18. The molecule has 0 aliphatic carbocycles. The van der Waals surface area contributed by atoms with E-state index in [0.29, 0.717) is 10.8 Å². The van der Waals surface area contributed by atoms with Crippen LogP contribution in [0.5, 0.6) is 0 Å². The number of imidazole rings is 1. The number of carbonyl (C=O) groups excluding carboxylic acids is 1. The maximum atomic E-state index is 13.5. The number of benzene rings is 2. The summed E-state index contributed by atoms with van der Waals surface area (Å²) in [5.41, 5.74) is 3.03. The third-order valence-electron chi connectivity index (χ3n) is 4.29. The van der Waals surface area contributed by atoms with Crippen molar-refractivity contribution in [2.24, 2.45) is 0 Å². The summed E-state index contributed by atoms with van der Waals surface area (Å²) in [4.78, 5) is 16.6. The standard InChI is InChI=1S/C21H22FN3OS/c1-3-16-7-9-17(10-8-16)15(2)24-20(26)14-27-21-23-11-12-25(21)19-6-4-5-18(22)13-19/h4-13,15H,3,14H2,1-2H3,(H,24,26). The van der Waals surface area contributed by atoms with E-state index in [-0.39, 0.29) is 23.5 Å². The molecule has 0 spiro atoms. The summed E-state index contributed by atoms with van der Waals surface area (Å²) in [6.07, 6.45) is 4.39. The lowest BCUT2D eigenvalue weighted by Crippen LogP contribution is -2.28. The second kappa shape index (κ2) is 8.86. The summed E-state index contributed by atoms with van der Waals surface area (Å²) in [7, 11) is 0. The minimum atomic E-state index is -0.308. The molecule has 0 fully saturated rings. The molecule has 1 amide bonds. The second-order valence-electron chi connectivity index (χ2n) is 6.23. The zero-order valence-electron chi connectivity index (χ0n) is 15.4. The molecule has 6 heteroatoms. The van der Waals surface area contributed by atoms with E-state index in [4.69, 9.17) is 0 Å². The van der Waals surface area contributed by atoms with Gasteiger partial charge in [0.15, 0.2) is 5.16 Å². The minimum Gasteiger partial charge on any atom is -0.349 e. The number of nitrogens with zero attached hydrogens (tertiary/aromatic N) is 2. The fourth-order valence-corrected chi connectivity index (χ4v) is 3.54. The van der Waals surface area contributed by atoms with E-state index in [1.54, 1.807) is 29.1 Å². The largest absolute Gasteiger partial charge is 0.349 e. The molecular weight excluding hydrogens is 361 g/mol. The number of amides is 1. The average Bonchev–Trinajstić information content (AvgIpc) is 3.15. The molecule has 1 unspecified atom stereocenters. The Bertz CT molecular complexity index is 908. The number of carbonyl (C=O) groups is 1. The van der Waals surface area contributed by atoms with Crippen LogP contribution in [0.25, 0.3) is 5.69 Å². The molecule has 1 aromatic heterocycles. The van der Waals surface area contributed by atoms with Crippen LogP contribution in [0, 0.1) is 5.82 Å². The number of thioether (sulfide) groups is 1. The van der Waals surface area contributed by atoms with Gasteiger partial charge in [0.25, 0.3) is 0 Å². The highest BCUT2D eigenvalue weighted by Crippen LogP contribution is 2.21. The van der Waals surface area contributed by atoms with Crippen LogP contribution in [0.3, 0.4) is 0 Å². The molecule has 2 aromatic carbocycles. The van der Waals surface area contributed by atoms with E-state index in [0.717, 1.165) is 12.0 Å². The number of halogens is 1. The van der Waals surface area contributed by atoms with Crippen molar-refractivity contribution < 1.29 is 9.18 Å². The van der Waals surface area contributed by atoms with Crippen molar-refractivity contribution in [2.45, 2.75) is 31.5 Å². The first-order valence-electron chi connectivity index (χ1n) is 8.87. The molecule has 3 aromatic rings. The Kier molecular flexibility index (Phi) is 6.29. The number of rotatable bonds is 7. The van der Waals surface area contributed by atoms with Crippen LogP contribution in [0.2, 0.25) is 0 Å². The number of hydrogen-bond donors (Lipinski definition) is 1. The van der Waals surface area contributed by atoms with Gasteiger partial charge in [0.2, 0.25) is 5.91 Å². The fraction of sp³-hybridized carbons (Fsp3) is 0.238. The number of nitrogens with one attached hydrogen (secondary N) is 1. The van der Waals surface area contributed by atoms with Crippen LogP contribution in [0.1, 0.15) is 31.0 Å². The molecule has 0 saturated carbocycles. The molecule has 0 aliphatic rings. The zero-order chi connectivity index (χ0) is 19.2. The first-order chi connectivity index (χ1) is 13.1. The lowest BCUT2D eigenvalue weighted by Gasteiger charge is -2.15. The molecule has 27 heavy (non-hydrogen) atoms. The third-order valence-corrected chi connectivity index (χ3v) is 5.26. The van der Waals surface area contributed by atoms with Gasteiger partial charge < -0.3 is 5.32 Å². The SMILES string of the molecule is CCc1ccc(C(C)NC(=O)CSc2nccn2-c2cccc(F)c2)cc1. The fourth-order valence-electron chi connectivity index (χ4n) is 2.76. The van der Waals surface area contributed by atoms with Gasteiger partial charge in [0.1, 0.15) is 5.82 Å². The van der Waals surface area contributed by atoms with E-state index >= 15 is 0 Å². The van der Waals surface area contributed by atoms with Gasteiger partial charge in [0, 0.05) is 12.4 Å². The van der Waals surface area contributed by atoms with Crippen LogP contribution < -0.4 is 5.32 Å². The van der Waals surface area contributed by atoms with Gasteiger partial charge in [-0.3, -0.25) is 9.36 Å². The highest BCUT2D eigenvalue weighted by atomic mass is 32.2. The highest BCUT2D eigenvalue weighted by Gasteiger charge is 2.12. The number of hydrogen-bond acceptors (Lipinski definition) is 3. The summed E-state index contributed by atoms with van der Waals surface area (Å²) in [6, 6.07) is 14.5. The summed E-state index contributed by atoms with van der Waals surface area (Å²) in [5, 5.41) is 3.66. The van der Waals surface area contributed by atoms with Crippen molar-refractivity contribution in [3.63, 3.8) is 0 Å². The summed E-state index contributed by atoms with van der Waals surface area (Å²) >= 11 is 1.32. The van der Waals surface area contributed by atoms with E-state index in [1.807, 2.05) is 19.1 Å². The summed E-state index contributed by atoms with van der Waals surface area (Å²) in [5.74, 6) is -0.136. The maximum Gasteiger partial charge on any atom is 0.230 e. The van der Waals surface area contributed by atoms with Crippen molar-refractivity contribution in [3.8, 4) is 5.69 Å². The predicted octanol–water partition coefficient (Wildman–Crippen LogP) is 4.54. The Hall–Kier alpha value is -2.60. The normalized spacial score (nSPS) is 12.0. The molecule has 1 atom stereocenters. The monoisotopic (exact) mass is 383 g/mol. The zero-order valence-corrected chi connectivity index (χ0v) is 16.2. The molecule has 0 radical (unpaired) electrons. The average molecular weight is 383 g/mol. The molecule has 0 bridgehead atoms. The van der Waals surface area contributed by atoms with Crippen molar-refractivity contribution in [1.82, 2.24) is 14.9 Å². The third kappa shape index (κ3) is 4.98. The van der Waals surface area contributed by atoms with Crippen molar-refractivity contribution in [1.29, 1.82) is 0 Å². The minimum absolute atomic E-state index is 0.0630. The van der Waals surface area contributed by atoms with Gasteiger partial charge in [-0.2, -0.15) is 0 Å². The number of aromatic nitrogens is 2. The molecule has 4 nitrogen and oxygen atoms in total.